The first-order valence-electron chi connectivity index (χ1n) is 8.17. The van der Waals surface area contributed by atoms with Gasteiger partial charge < -0.3 is 10.6 Å². The predicted octanol–water partition coefficient (Wildman–Crippen LogP) is 4.87. The van der Waals surface area contributed by atoms with Crippen LogP contribution in [0.1, 0.15) is 17.2 Å². The smallest absolute Gasteiger partial charge is 0.148 e. The number of anilines is 2. The van der Waals surface area contributed by atoms with Crippen molar-refractivity contribution in [3.8, 4) is 0 Å². The molecule has 126 valence electrons. The lowest BCUT2D eigenvalue weighted by Crippen LogP contribution is -2.07. The molecule has 25 heavy (non-hydrogen) atoms. The van der Waals surface area contributed by atoms with Crippen LogP contribution in [0.25, 0.3) is 20.4 Å². The Balaban J connectivity index is 1.56. The molecule has 0 spiro atoms. The molecule has 3 aromatic heterocycles. The molecule has 0 bridgehead atoms. The van der Waals surface area contributed by atoms with Gasteiger partial charge in [-0.25, -0.2) is 14.4 Å². The van der Waals surface area contributed by atoms with E-state index in [9.17, 15) is 4.39 Å². The Morgan fingerprint density at radius 2 is 2.16 bits per heavy atom. The summed E-state index contributed by atoms with van der Waals surface area (Å²) in [5, 5.41) is 7.70. The van der Waals surface area contributed by atoms with Crippen molar-refractivity contribution in [2.75, 3.05) is 18.4 Å². The summed E-state index contributed by atoms with van der Waals surface area (Å²) >= 11 is 3.18. The number of thiazole rings is 1. The van der Waals surface area contributed by atoms with E-state index in [4.69, 9.17) is 0 Å². The summed E-state index contributed by atoms with van der Waals surface area (Å²) in [5.41, 5.74) is 3.87. The van der Waals surface area contributed by atoms with Crippen molar-refractivity contribution < 1.29 is 4.39 Å². The van der Waals surface area contributed by atoms with Crippen molar-refractivity contribution in [1.29, 1.82) is 0 Å². The van der Waals surface area contributed by atoms with Crippen LogP contribution in [0.4, 0.5) is 15.8 Å². The topological polar surface area (TPSA) is 49.8 Å². The monoisotopic (exact) mass is 370 g/mol. The number of nitrogens with one attached hydrogen (secondary N) is 2. The number of benzene rings is 1. The van der Waals surface area contributed by atoms with Crippen LogP contribution in [0.5, 0.6) is 0 Å². The van der Waals surface area contributed by atoms with Gasteiger partial charge in [-0.3, -0.25) is 0 Å². The molecule has 2 N–H and O–H groups in total. The van der Waals surface area contributed by atoms with Gasteiger partial charge in [-0.05, 0) is 37.2 Å². The fraction of sp³-hybridized carbons (Fsp3) is 0.222. The second kappa shape index (κ2) is 6.01. The number of fused-ring (bicyclic) bond motifs is 2. The maximum absolute atomic E-state index is 14.4. The molecule has 4 aromatic rings. The van der Waals surface area contributed by atoms with Gasteiger partial charge in [0.25, 0.3) is 0 Å². The molecule has 1 saturated heterocycles. The molecule has 0 amide bonds. The van der Waals surface area contributed by atoms with Crippen LogP contribution in [-0.4, -0.2) is 23.1 Å². The van der Waals surface area contributed by atoms with Crippen LogP contribution >= 0.6 is 22.7 Å². The van der Waals surface area contributed by atoms with E-state index >= 15 is 0 Å². The number of rotatable bonds is 3. The van der Waals surface area contributed by atoms with Crippen LogP contribution in [0.15, 0.2) is 36.0 Å². The molecule has 4 nitrogen and oxygen atoms in total. The first-order chi connectivity index (χ1) is 12.3. The highest BCUT2D eigenvalue weighted by Gasteiger charge is 2.20. The van der Waals surface area contributed by atoms with E-state index in [0.29, 0.717) is 11.6 Å². The van der Waals surface area contributed by atoms with E-state index < -0.39 is 0 Å². The zero-order chi connectivity index (χ0) is 16.8. The molecule has 0 saturated carbocycles. The maximum Gasteiger partial charge on any atom is 0.148 e. The van der Waals surface area contributed by atoms with Crippen molar-refractivity contribution in [1.82, 2.24) is 15.3 Å². The number of pyridine rings is 1. The second-order valence-electron chi connectivity index (χ2n) is 6.19. The van der Waals surface area contributed by atoms with E-state index in [2.05, 4.69) is 26.7 Å². The average molecular weight is 370 g/mol. The van der Waals surface area contributed by atoms with Crippen LogP contribution in [0, 0.1) is 5.82 Å². The largest absolute Gasteiger partial charge is 0.352 e. The summed E-state index contributed by atoms with van der Waals surface area (Å²) in [7, 11) is 0. The standard InChI is InChI=1S/C18H15FN4S2/c19-12-6-17-15(22-9-24-17)7-14(12)23-13-2-4-21-18-11(13)5-16(25-18)10-1-3-20-8-10/h2,4-7,9-10,20H,1,3,8H2,(H,21,23). The fourth-order valence-electron chi connectivity index (χ4n) is 3.29. The van der Waals surface area contributed by atoms with E-state index in [1.807, 2.05) is 6.07 Å². The Labute approximate surface area is 151 Å². The predicted molar refractivity (Wildman–Crippen MR) is 103 cm³/mol. The van der Waals surface area contributed by atoms with E-state index in [0.717, 1.165) is 45.6 Å². The van der Waals surface area contributed by atoms with Crippen molar-refractivity contribution >= 4 is 54.5 Å². The van der Waals surface area contributed by atoms with Gasteiger partial charge in [0, 0.05) is 28.9 Å². The van der Waals surface area contributed by atoms with Crippen molar-refractivity contribution in [3.05, 3.63) is 46.7 Å². The highest BCUT2D eigenvalue weighted by atomic mass is 32.1. The molecule has 1 fully saturated rings. The lowest BCUT2D eigenvalue weighted by Gasteiger charge is -2.08. The summed E-state index contributed by atoms with van der Waals surface area (Å²) in [4.78, 5) is 11.1. The Hall–Kier alpha value is -2.09. The minimum Gasteiger partial charge on any atom is -0.352 e. The second-order valence-corrected chi connectivity index (χ2v) is 8.14. The number of aromatic nitrogens is 2. The third-order valence-electron chi connectivity index (χ3n) is 4.61. The molecular weight excluding hydrogens is 355 g/mol. The average Bonchev–Trinajstić information content (AvgIpc) is 3.35. The highest BCUT2D eigenvalue weighted by molar-refractivity contribution is 7.18. The van der Waals surface area contributed by atoms with Gasteiger partial charge >= 0.3 is 0 Å². The molecule has 1 aromatic carbocycles. The molecular formula is C18H15FN4S2. The third-order valence-corrected chi connectivity index (χ3v) is 6.60. The normalized spacial score (nSPS) is 17.6. The SMILES string of the molecule is Fc1cc2scnc2cc1Nc1ccnc2sc(C3CCNC3)cc12. The van der Waals surface area contributed by atoms with Gasteiger partial charge in [0.2, 0.25) is 0 Å². The van der Waals surface area contributed by atoms with Crippen LogP contribution < -0.4 is 10.6 Å². The van der Waals surface area contributed by atoms with Crippen molar-refractivity contribution in [2.45, 2.75) is 12.3 Å². The first kappa shape index (κ1) is 15.2. The molecule has 0 aliphatic carbocycles. The maximum atomic E-state index is 14.4. The van der Waals surface area contributed by atoms with Gasteiger partial charge in [0.15, 0.2) is 0 Å². The van der Waals surface area contributed by atoms with E-state index in [1.54, 1.807) is 29.1 Å². The summed E-state index contributed by atoms with van der Waals surface area (Å²) in [6, 6.07) is 7.40. The minimum absolute atomic E-state index is 0.267. The fourth-order valence-corrected chi connectivity index (χ4v) is 5.13. The summed E-state index contributed by atoms with van der Waals surface area (Å²) in [5.74, 6) is 0.285. The van der Waals surface area contributed by atoms with Crippen LogP contribution in [0.2, 0.25) is 0 Å². The van der Waals surface area contributed by atoms with Crippen LogP contribution in [0.3, 0.4) is 0 Å². The van der Waals surface area contributed by atoms with Gasteiger partial charge in [-0.1, -0.05) is 0 Å². The molecule has 0 radical (unpaired) electrons. The Morgan fingerprint density at radius 3 is 3.04 bits per heavy atom. The molecule has 1 aliphatic rings. The van der Waals surface area contributed by atoms with E-state index in [1.165, 1.54) is 22.3 Å². The van der Waals surface area contributed by atoms with Crippen LogP contribution in [-0.2, 0) is 0 Å². The lowest BCUT2D eigenvalue weighted by atomic mass is 10.1. The Kier molecular flexibility index (Phi) is 3.65. The third kappa shape index (κ3) is 2.68. The highest BCUT2D eigenvalue weighted by Crippen LogP contribution is 2.37. The molecule has 1 unspecified atom stereocenters. The summed E-state index contributed by atoms with van der Waals surface area (Å²) in [6.45, 7) is 2.08. The number of thiophene rings is 1. The van der Waals surface area contributed by atoms with E-state index in [-0.39, 0.29) is 5.82 Å². The van der Waals surface area contributed by atoms with Gasteiger partial charge in [0.05, 0.1) is 27.1 Å². The number of hydrogen-bond acceptors (Lipinski definition) is 6. The first-order valence-corrected chi connectivity index (χ1v) is 9.86. The van der Waals surface area contributed by atoms with Gasteiger partial charge in [-0.15, -0.1) is 22.7 Å². The molecule has 1 aliphatic heterocycles. The summed E-state index contributed by atoms with van der Waals surface area (Å²) in [6.07, 6.45) is 2.93. The summed E-state index contributed by atoms with van der Waals surface area (Å²) < 4.78 is 15.3. The Morgan fingerprint density at radius 1 is 1.20 bits per heavy atom. The molecule has 4 heterocycles. The quantitative estimate of drug-likeness (QED) is 0.540. The minimum atomic E-state index is -0.267. The lowest BCUT2D eigenvalue weighted by molar-refractivity contribution is 0.634. The molecule has 1 atom stereocenters. The van der Waals surface area contributed by atoms with Gasteiger partial charge in [0.1, 0.15) is 10.6 Å². The van der Waals surface area contributed by atoms with Crippen molar-refractivity contribution in [3.63, 3.8) is 0 Å². The van der Waals surface area contributed by atoms with Crippen molar-refractivity contribution in [2.24, 2.45) is 0 Å². The van der Waals surface area contributed by atoms with Gasteiger partial charge in [-0.2, -0.15) is 0 Å². The number of nitrogens with zero attached hydrogens (tertiary/aromatic N) is 2. The zero-order valence-corrected chi connectivity index (χ0v) is 14.9. The number of halogens is 1. The molecule has 7 heteroatoms. The molecule has 5 rings (SSSR count). The Bertz CT molecular complexity index is 1070. The zero-order valence-electron chi connectivity index (χ0n) is 13.3. The number of hydrogen-bond donors (Lipinski definition) is 2.